The number of furan rings is 1. The van der Waals surface area contributed by atoms with Gasteiger partial charge in [-0.1, -0.05) is 97.1 Å². The Bertz CT molecular complexity index is 3210. The Morgan fingerprint density at radius 1 is 0.412 bits per heavy atom. The van der Waals surface area contributed by atoms with Crippen LogP contribution in [0, 0.1) is 0 Å². The second kappa shape index (κ2) is 10.8. The summed E-state index contributed by atoms with van der Waals surface area (Å²) < 4.78 is 6.54. The highest BCUT2D eigenvalue weighted by molar-refractivity contribution is 6.24. The molecule has 4 nitrogen and oxygen atoms in total. The molecule has 0 N–H and O–H groups in total. The van der Waals surface area contributed by atoms with Crippen molar-refractivity contribution < 1.29 is 4.42 Å². The molecule has 0 bridgehead atoms. The molecule has 0 saturated carbocycles. The van der Waals surface area contributed by atoms with Crippen LogP contribution in [-0.2, 0) is 0 Å². The van der Waals surface area contributed by atoms with Crippen molar-refractivity contribution in [3.8, 4) is 33.5 Å². The molecule has 0 radical (unpaired) electrons. The highest BCUT2D eigenvalue weighted by Crippen LogP contribution is 2.41. The minimum absolute atomic E-state index is 0.896. The number of nitrogens with zero attached hydrogens (tertiary/aromatic N) is 3. The third kappa shape index (κ3) is 4.30. The molecule has 0 atom stereocenters. The Kier molecular flexibility index (Phi) is 5.92. The van der Waals surface area contributed by atoms with Crippen molar-refractivity contribution in [3.05, 3.63) is 164 Å². The van der Waals surface area contributed by atoms with Crippen molar-refractivity contribution in [1.29, 1.82) is 0 Å². The van der Waals surface area contributed by atoms with Crippen molar-refractivity contribution in [3.63, 3.8) is 0 Å². The van der Waals surface area contributed by atoms with Gasteiger partial charge in [-0.3, -0.25) is 9.97 Å². The third-order valence-corrected chi connectivity index (χ3v) is 10.3. The molecule has 4 heteroatoms. The normalized spacial score (nSPS) is 11.9. The Labute approximate surface area is 292 Å². The number of hydrogen-bond acceptors (Lipinski definition) is 4. The maximum Gasteiger partial charge on any atom is 0.144 e. The average Bonchev–Trinajstić information content (AvgIpc) is 3.59. The molecule has 236 valence electrons. The van der Waals surface area contributed by atoms with Gasteiger partial charge in [-0.05, 0) is 87.6 Å². The molecular weight excluding hydrogens is 623 g/mol. The zero-order valence-electron chi connectivity index (χ0n) is 27.3. The van der Waals surface area contributed by atoms with E-state index in [1.165, 1.54) is 10.8 Å². The van der Waals surface area contributed by atoms with E-state index in [0.717, 1.165) is 98.9 Å². The van der Waals surface area contributed by atoms with Gasteiger partial charge in [-0.2, -0.15) is 0 Å². The van der Waals surface area contributed by atoms with Gasteiger partial charge in [0.25, 0.3) is 0 Å². The second-order valence-electron chi connectivity index (χ2n) is 13.2. The van der Waals surface area contributed by atoms with E-state index in [9.17, 15) is 0 Å². The Morgan fingerprint density at radius 2 is 1.12 bits per heavy atom. The smallest absolute Gasteiger partial charge is 0.144 e. The van der Waals surface area contributed by atoms with Crippen molar-refractivity contribution in [2.45, 2.75) is 0 Å². The lowest BCUT2D eigenvalue weighted by molar-refractivity contribution is 0.673. The van der Waals surface area contributed by atoms with Crippen molar-refractivity contribution in [2.24, 2.45) is 0 Å². The molecule has 0 aliphatic carbocycles. The molecule has 0 spiro atoms. The summed E-state index contributed by atoms with van der Waals surface area (Å²) in [6.07, 6.45) is 3.68. The van der Waals surface area contributed by atoms with Crippen molar-refractivity contribution in [1.82, 2.24) is 15.0 Å². The third-order valence-electron chi connectivity index (χ3n) is 10.3. The monoisotopic (exact) mass is 649 g/mol. The van der Waals surface area contributed by atoms with Gasteiger partial charge in [-0.25, -0.2) is 4.98 Å². The van der Waals surface area contributed by atoms with E-state index in [4.69, 9.17) is 14.4 Å². The van der Waals surface area contributed by atoms with Crippen LogP contribution in [0.5, 0.6) is 0 Å². The van der Waals surface area contributed by atoms with Crippen LogP contribution in [0.1, 0.15) is 0 Å². The molecule has 7 aromatic carbocycles. The van der Waals surface area contributed by atoms with Gasteiger partial charge in [0.1, 0.15) is 11.2 Å². The van der Waals surface area contributed by atoms with Gasteiger partial charge in [0.2, 0.25) is 0 Å². The van der Waals surface area contributed by atoms with E-state index in [1.54, 1.807) is 0 Å². The molecule has 11 aromatic rings. The van der Waals surface area contributed by atoms with Gasteiger partial charge < -0.3 is 4.42 Å². The zero-order valence-corrected chi connectivity index (χ0v) is 27.3. The number of aromatic nitrogens is 3. The van der Waals surface area contributed by atoms with Crippen LogP contribution in [0.25, 0.3) is 110 Å². The van der Waals surface area contributed by atoms with Crippen molar-refractivity contribution in [2.75, 3.05) is 0 Å². The quantitative estimate of drug-likeness (QED) is 0.179. The number of fused-ring (bicyclic) bond motifs is 11. The SMILES string of the molecule is c1cc(-c2ccc3cc(-c4cc5cccnc5c5ncccc45)ccc3c2)cc(-c2nc3ccccc3c3c2ccc2c4ccccc4oc23)c1. The second-order valence-corrected chi connectivity index (χ2v) is 13.2. The van der Waals surface area contributed by atoms with E-state index in [0.29, 0.717) is 0 Å². The predicted molar refractivity (Wildman–Crippen MR) is 211 cm³/mol. The van der Waals surface area contributed by atoms with Gasteiger partial charge in [-0.15, -0.1) is 0 Å². The summed E-state index contributed by atoms with van der Waals surface area (Å²) in [5.74, 6) is 0. The van der Waals surface area contributed by atoms with Crippen LogP contribution in [0.3, 0.4) is 0 Å². The first-order valence-corrected chi connectivity index (χ1v) is 17.2. The van der Waals surface area contributed by atoms with Crippen LogP contribution in [0.4, 0.5) is 0 Å². The maximum absolute atomic E-state index is 6.54. The standard InChI is InChI=1S/C47H27N3O/c1-3-14-41-38(12-1)43-39(21-20-37-35-11-2-4-15-42(35)51-47(37)43)44(50-41)33-9-5-8-28(26-33)29-16-17-31-25-32(19-18-30(31)24-29)40-27-34-10-6-22-48-45(34)46-36(40)13-7-23-49-46/h1-27H. The molecule has 4 heterocycles. The fourth-order valence-electron chi connectivity index (χ4n) is 7.89. The first kappa shape index (κ1) is 28.0. The van der Waals surface area contributed by atoms with Crippen LogP contribution >= 0.6 is 0 Å². The highest BCUT2D eigenvalue weighted by Gasteiger charge is 2.18. The lowest BCUT2D eigenvalue weighted by atomic mass is 9.93. The van der Waals surface area contributed by atoms with Crippen LogP contribution in [0.2, 0.25) is 0 Å². The number of benzene rings is 7. The Balaban J connectivity index is 1.04. The summed E-state index contributed by atoms with van der Waals surface area (Å²) in [4.78, 5) is 14.6. The summed E-state index contributed by atoms with van der Waals surface area (Å²) in [6.45, 7) is 0. The fourth-order valence-corrected chi connectivity index (χ4v) is 7.89. The molecule has 51 heavy (non-hydrogen) atoms. The molecule has 4 aromatic heterocycles. The predicted octanol–water partition coefficient (Wildman–Crippen LogP) is 12.5. The minimum Gasteiger partial charge on any atom is -0.455 e. The molecule has 0 saturated heterocycles. The van der Waals surface area contributed by atoms with Crippen LogP contribution in [-0.4, -0.2) is 15.0 Å². The topological polar surface area (TPSA) is 51.8 Å². The van der Waals surface area contributed by atoms with Gasteiger partial charge >= 0.3 is 0 Å². The van der Waals surface area contributed by atoms with Crippen LogP contribution in [0.15, 0.2) is 168 Å². The molecule has 11 rings (SSSR count). The Hall–Kier alpha value is -6.91. The summed E-state index contributed by atoms with van der Waals surface area (Å²) in [7, 11) is 0. The van der Waals surface area contributed by atoms with E-state index >= 15 is 0 Å². The number of rotatable bonds is 3. The van der Waals surface area contributed by atoms with E-state index in [-0.39, 0.29) is 0 Å². The lowest BCUT2D eigenvalue weighted by Gasteiger charge is -2.13. The number of hydrogen-bond donors (Lipinski definition) is 0. The molecule has 0 aliphatic heterocycles. The number of para-hydroxylation sites is 2. The Morgan fingerprint density at radius 3 is 2.04 bits per heavy atom. The molecule has 0 amide bonds. The van der Waals surface area contributed by atoms with Crippen molar-refractivity contribution >= 4 is 76.2 Å². The molecule has 0 unspecified atom stereocenters. The zero-order chi connectivity index (χ0) is 33.5. The minimum atomic E-state index is 0.896. The fraction of sp³-hybridized carbons (Fsp3) is 0. The molecule has 0 aliphatic rings. The first-order chi connectivity index (χ1) is 25.3. The van der Waals surface area contributed by atoms with E-state index < -0.39 is 0 Å². The highest BCUT2D eigenvalue weighted by atomic mass is 16.3. The van der Waals surface area contributed by atoms with E-state index in [1.807, 2.05) is 36.7 Å². The molecular formula is C47H27N3O. The number of pyridine rings is 3. The van der Waals surface area contributed by atoms with Gasteiger partial charge in [0.05, 0.1) is 22.2 Å². The summed E-state index contributed by atoms with van der Waals surface area (Å²) in [6, 6.07) is 53.7. The summed E-state index contributed by atoms with van der Waals surface area (Å²) in [5, 5.41) is 10.1. The average molecular weight is 650 g/mol. The summed E-state index contributed by atoms with van der Waals surface area (Å²) >= 11 is 0. The molecule has 0 fully saturated rings. The first-order valence-electron chi connectivity index (χ1n) is 17.2. The largest absolute Gasteiger partial charge is 0.455 e. The van der Waals surface area contributed by atoms with Gasteiger partial charge in [0, 0.05) is 55.7 Å². The van der Waals surface area contributed by atoms with Gasteiger partial charge in [0.15, 0.2) is 0 Å². The van der Waals surface area contributed by atoms with E-state index in [2.05, 4.69) is 132 Å². The maximum atomic E-state index is 6.54. The lowest BCUT2D eigenvalue weighted by Crippen LogP contribution is -1.91. The summed E-state index contributed by atoms with van der Waals surface area (Å²) in [5.41, 5.74) is 11.3. The van der Waals surface area contributed by atoms with Crippen LogP contribution < -0.4 is 0 Å².